The van der Waals surface area contributed by atoms with Crippen LogP contribution in [0.4, 0.5) is 0 Å². The molecule has 0 radical (unpaired) electrons. The summed E-state index contributed by atoms with van der Waals surface area (Å²) in [5.41, 5.74) is 1.35. The summed E-state index contributed by atoms with van der Waals surface area (Å²) in [4.78, 5) is 4.16. The summed E-state index contributed by atoms with van der Waals surface area (Å²) >= 11 is 1.73. The molecular weight excluding hydrogens is 208 g/mol. The highest BCUT2D eigenvalue weighted by atomic mass is 32.1. The van der Waals surface area contributed by atoms with E-state index in [2.05, 4.69) is 32.2 Å². The Labute approximate surface area is 93.0 Å². The quantitative estimate of drug-likeness (QED) is 0.773. The average molecular weight is 222 g/mol. The van der Waals surface area contributed by atoms with Crippen LogP contribution in [0.1, 0.15) is 11.4 Å². The van der Waals surface area contributed by atoms with E-state index in [-0.39, 0.29) is 0 Å². The van der Waals surface area contributed by atoms with Gasteiger partial charge in [0.2, 0.25) is 0 Å². The Morgan fingerprint density at radius 3 is 3.13 bits per heavy atom. The van der Waals surface area contributed by atoms with Crippen LogP contribution in [0.15, 0.2) is 23.2 Å². The first-order chi connectivity index (χ1) is 7.36. The van der Waals surface area contributed by atoms with Crippen molar-refractivity contribution in [2.24, 2.45) is 7.05 Å². The largest absolute Gasteiger partial charge is 0.312 e. The molecule has 0 aliphatic carbocycles. The maximum atomic E-state index is 4.16. The number of thiophene rings is 1. The molecule has 0 atom stereocenters. The summed E-state index contributed by atoms with van der Waals surface area (Å²) in [7, 11) is 1.92. The second-order valence-corrected chi connectivity index (χ2v) is 4.14. The van der Waals surface area contributed by atoms with Crippen LogP contribution in [0, 0.1) is 0 Å². The van der Waals surface area contributed by atoms with Crippen molar-refractivity contribution in [1.29, 1.82) is 0 Å². The summed E-state index contributed by atoms with van der Waals surface area (Å²) in [6.45, 7) is 1.86. The fourth-order valence-electron chi connectivity index (χ4n) is 1.37. The standard InChI is InChI=1S/C10H14N4S/c1-14-10(12-8-13-14)2-4-11-6-9-3-5-15-7-9/h3,5,7-8,11H,2,4,6H2,1H3. The molecule has 0 fully saturated rings. The van der Waals surface area contributed by atoms with E-state index in [0.29, 0.717) is 0 Å². The summed E-state index contributed by atoms with van der Waals surface area (Å²) < 4.78 is 1.81. The van der Waals surface area contributed by atoms with E-state index >= 15 is 0 Å². The van der Waals surface area contributed by atoms with E-state index in [0.717, 1.165) is 25.3 Å². The average Bonchev–Trinajstić information content (AvgIpc) is 2.85. The van der Waals surface area contributed by atoms with Crippen molar-refractivity contribution >= 4 is 11.3 Å². The molecule has 80 valence electrons. The van der Waals surface area contributed by atoms with E-state index in [1.54, 1.807) is 17.7 Å². The second-order valence-electron chi connectivity index (χ2n) is 3.36. The highest BCUT2D eigenvalue weighted by Crippen LogP contribution is 2.04. The molecule has 2 heterocycles. The predicted molar refractivity (Wildman–Crippen MR) is 60.7 cm³/mol. The first-order valence-electron chi connectivity index (χ1n) is 4.91. The lowest BCUT2D eigenvalue weighted by Gasteiger charge is -2.02. The monoisotopic (exact) mass is 222 g/mol. The Bertz CT molecular complexity index is 393. The smallest absolute Gasteiger partial charge is 0.138 e. The van der Waals surface area contributed by atoms with Crippen LogP contribution < -0.4 is 5.32 Å². The summed E-state index contributed by atoms with van der Waals surface area (Å²) in [6.07, 6.45) is 2.51. The van der Waals surface area contributed by atoms with Crippen LogP contribution in [0.5, 0.6) is 0 Å². The summed E-state index contributed by atoms with van der Waals surface area (Å²) in [5.74, 6) is 1.02. The zero-order valence-corrected chi connectivity index (χ0v) is 9.50. The lowest BCUT2D eigenvalue weighted by molar-refractivity contribution is 0.634. The van der Waals surface area contributed by atoms with Gasteiger partial charge in [-0.2, -0.15) is 16.4 Å². The van der Waals surface area contributed by atoms with Crippen LogP contribution in [0.2, 0.25) is 0 Å². The van der Waals surface area contributed by atoms with Gasteiger partial charge < -0.3 is 5.32 Å². The van der Waals surface area contributed by atoms with Gasteiger partial charge in [0, 0.05) is 26.6 Å². The Morgan fingerprint density at radius 2 is 2.47 bits per heavy atom. The molecule has 5 heteroatoms. The van der Waals surface area contributed by atoms with Gasteiger partial charge >= 0.3 is 0 Å². The molecule has 0 unspecified atom stereocenters. The van der Waals surface area contributed by atoms with Crippen LogP contribution in [-0.4, -0.2) is 21.3 Å². The third kappa shape index (κ3) is 2.87. The number of rotatable bonds is 5. The van der Waals surface area contributed by atoms with Gasteiger partial charge in [0.1, 0.15) is 12.2 Å². The van der Waals surface area contributed by atoms with Crippen LogP contribution in [-0.2, 0) is 20.0 Å². The van der Waals surface area contributed by atoms with E-state index < -0.39 is 0 Å². The van der Waals surface area contributed by atoms with Crippen molar-refractivity contribution in [1.82, 2.24) is 20.1 Å². The Morgan fingerprint density at radius 1 is 1.53 bits per heavy atom. The van der Waals surface area contributed by atoms with Gasteiger partial charge in [-0.15, -0.1) is 0 Å². The molecule has 2 rings (SSSR count). The fourth-order valence-corrected chi connectivity index (χ4v) is 2.04. The van der Waals surface area contributed by atoms with Gasteiger partial charge in [0.05, 0.1) is 0 Å². The minimum atomic E-state index is 0.917. The van der Waals surface area contributed by atoms with Crippen LogP contribution in [0.25, 0.3) is 0 Å². The second kappa shape index (κ2) is 5.04. The molecule has 0 aromatic carbocycles. The minimum absolute atomic E-state index is 0.917. The van der Waals surface area contributed by atoms with Crippen molar-refractivity contribution in [3.8, 4) is 0 Å². The van der Waals surface area contributed by atoms with Crippen molar-refractivity contribution in [2.45, 2.75) is 13.0 Å². The van der Waals surface area contributed by atoms with Crippen molar-refractivity contribution in [3.63, 3.8) is 0 Å². The van der Waals surface area contributed by atoms with Gasteiger partial charge in [-0.25, -0.2) is 4.98 Å². The third-order valence-electron chi connectivity index (χ3n) is 2.24. The number of aromatic nitrogens is 3. The normalized spacial score (nSPS) is 10.7. The number of hydrogen-bond donors (Lipinski definition) is 1. The molecule has 0 saturated heterocycles. The topological polar surface area (TPSA) is 42.7 Å². The van der Waals surface area contributed by atoms with Crippen molar-refractivity contribution in [3.05, 3.63) is 34.5 Å². The van der Waals surface area contributed by atoms with Crippen molar-refractivity contribution in [2.75, 3.05) is 6.54 Å². The van der Waals surface area contributed by atoms with Crippen LogP contribution in [0.3, 0.4) is 0 Å². The van der Waals surface area contributed by atoms with E-state index in [4.69, 9.17) is 0 Å². The lowest BCUT2D eigenvalue weighted by atomic mass is 10.3. The summed E-state index contributed by atoms with van der Waals surface area (Å²) in [6, 6.07) is 2.14. The highest BCUT2D eigenvalue weighted by molar-refractivity contribution is 7.07. The molecule has 0 saturated carbocycles. The maximum absolute atomic E-state index is 4.16. The van der Waals surface area contributed by atoms with Gasteiger partial charge in [-0.05, 0) is 22.4 Å². The van der Waals surface area contributed by atoms with E-state index in [1.807, 2.05) is 11.7 Å². The van der Waals surface area contributed by atoms with Gasteiger partial charge in [-0.1, -0.05) is 0 Å². The number of aryl methyl sites for hydroxylation is 1. The van der Waals surface area contributed by atoms with Gasteiger partial charge in [0.15, 0.2) is 0 Å². The molecule has 0 spiro atoms. The molecule has 1 N–H and O–H groups in total. The number of hydrogen-bond acceptors (Lipinski definition) is 4. The van der Waals surface area contributed by atoms with Crippen molar-refractivity contribution < 1.29 is 0 Å². The van der Waals surface area contributed by atoms with E-state index in [9.17, 15) is 0 Å². The van der Waals surface area contributed by atoms with Crippen LogP contribution >= 0.6 is 11.3 Å². The molecule has 15 heavy (non-hydrogen) atoms. The molecule has 4 nitrogen and oxygen atoms in total. The Hall–Kier alpha value is -1.20. The number of nitrogens with zero attached hydrogens (tertiary/aromatic N) is 3. The highest BCUT2D eigenvalue weighted by Gasteiger charge is 1.99. The first kappa shape index (κ1) is 10.3. The Balaban J connectivity index is 1.70. The zero-order valence-electron chi connectivity index (χ0n) is 8.68. The molecule has 0 bridgehead atoms. The van der Waals surface area contributed by atoms with Gasteiger partial charge in [0.25, 0.3) is 0 Å². The maximum Gasteiger partial charge on any atom is 0.138 e. The van der Waals surface area contributed by atoms with Gasteiger partial charge in [-0.3, -0.25) is 4.68 Å². The number of nitrogens with one attached hydrogen (secondary N) is 1. The Kier molecular flexibility index (Phi) is 3.47. The molecule has 0 amide bonds. The third-order valence-corrected chi connectivity index (χ3v) is 2.97. The summed E-state index contributed by atoms with van der Waals surface area (Å²) in [5, 5.41) is 11.7. The molecule has 2 aromatic heterocycles. The van der Waals surface area contributed by atoms with E-state index in [1.165, 1.54) is 5.56 Å². The molecule has 0 aliphatic heterocycles. The lowest BCUT2D eigenvalue weighted by Crippen LogP contribution is -2.18. The first-order valence-corrected chi connectivity index (χ1v) is 5.85. The fraction of sp³-hybridized carbons (Fsp3) is 0.400. The molecule has 2 aromatic rings. The predicted octanol–water partition coefficient (Wildman–Crippen LogP) is 1.21. The minimum Gasteiger partial charge on any atom is -0.312 e. The molecule has 0 aliphatic rings. The zero-order chi connectivity index (χ0) is 10.5. The molecular formula is C10H14N4S. The SMILES string of the molecule is Cn1ncnc1CCNCc1ccsc1.